The van der Waals surface area contributed by atoms with Crippen LogP contribution in [0.1, 0.15) is 27.2 Å². The highest BCUT2D eigenvalue weighted by Gasteiger charge is 2.38. The Morgan fingerprint density at radius 3 is 2.64 bits per heavy atom. The number of hydrogen-bond donors (Lipinski definition) is 2. The molecule has 3 unspecified atom stereocenters. The maximum absolute atomic E-state index is 10.1. The molecular formula is C9H19NO. The van der Waals surface area contributed by atoms with Crippen molar-refractivity contribution in [3.8, 4) is 0 Å². The van der Waals surface area contributed by atoms with Crippen LogP contribution in [0.3, 0.4) is 0 Å². The summed E-state index contributed by atoms with van der Waals surface area (Å²) >= 11 is 0. The Bertz CT molecular complexity index is 134. The molecule has 0 aromatic heterocycles. The van der Waals surface area contributed by atoms with Crippen LogP contribution >= 0.6 is 0 Å². The maximum Gasteiger partial charge on any atom is 0.0697 e. The summed E-state index contributed by atoms with van der Waals surface area (Å²) in [7, 11) is 0. The highest BCUT2D eigenvalue weighted by Crippen LogP contribution is 2.30. The molecule has 0 spiro atoms. The molecule has 0 amide bonds. The summed E-state index contributed by atoms with van der Waals surface area (Å²) in [6.07, 6.45) is 1.06. The normalized spacial score (nSPS) is 45.8. The van der Waals surface area contributed by atoms with Crippen LogP contribution in [0, 0.1) is 11.8 Å². The van der Waals surface area contributed by atoms with Crippen molar-refractivity contribution in [2.24, 2.45) is 11.8 Å². The Morgan fingerprint density at radius 1 is 1.55 bits per heavy atom. The molecule has 2 heteroatoms. The van der Waals surface area contributed by atoms with Gasteiger partial charge in [0.15, 0.2) is 0 Å². The lowest BCUT2D eigenvalue weighted by molar-refractivity contribution is -0.0653. The molecule has 0 radical (unpaired) electrons. The van der Waals surface area contributed by atoms with Crippen molar-refractivity contribution in [3.63, 3.8) is 0 Å². The molecular weight excluding hydrogens is 138 g/mol. The van der Waals surface area contributed by atoms with Gasteiger partial charge >= 0.3 is 0 Å². The Morgan fingerprint density at radius 2 is 2.18 bits per heavy atom. The number of hydrogen-bond acceptors (Lipinski definition) is 2. The van der Waals surface area contributed by atoms with E-state index in [4.69, 9.17) is 0 Å². The first-order chi connectivity index (χ1) is 5.09. The molecule has 1 rings (SSSR count). The fraction of sp³-hybridized carbons (Fsp3) is 1.00. The van der Waals surface area contributed by atoms with E-state index in [1.54, 1.807) is 0 Å². The van der Waals surface area contributed by atoms with E-state index in [0.717, 1.165) is 19.5 Å². The molecule has 1 fully saturated rings. The van der Waals surface area contributed by atoms with E-state index in [-0.39, 0.29) is 0 Å². The molecule has 0 saturated carbocycles. The van der Waals surface area contributed by atoms with Crippen LogP contribution in [0.5, 0.6) is 0 Å². The molecule has 1 aliphatic heterocycles. The van der Waals surface area contributed by atoms with E-state index in [1.807, 2.05) is 6.92 Å². The molecule has 2 N–H and O–H groups in total. The predicted octanol–water partition coefficient (Wildman–Crippen LogP) is 1.00. The van der Waals surface area contributed by atoms with Crippen molar-refractivity contribution >= 4 is 0 Å². The number of aliphatic hydroxyl groups is 1. The summed E-state index contributed by atoms with van der Waals surface area (Å²) in [6.45, 7) is 8.12. The van der Waals surface area contributed by atoms with E-state index in [0.29, 0.717) is 11.8 Å². The van der Waals surface area contributed by atoms with Gasteiger partial charge in [0, 0.05) is 13.1 Å². The van der Waals surface area contributed by atoms with Gasteiger partial charge in [0.1, 0.15) is 0 Å². The van der Waals surface area contributed by atoms with Gasteiger partial charge in [0.25, 0.3) is 0 Å². The minimum Gasteiger partial charge on any atom is -0.390 e. The van der Waals surface area contributed by atoms with E-state index >= 15 is 0 Å². The number of rotatable bonds is 1. The van der Waals surface area contributed by atoms with Gasteiger partial charge in [-0.25, -0.2) is 0 Å². The highest BCUT2D eigenvalue weighted by molar-refractivity contribution is 4.92. The molecule has 0 bridgehead atoms. The maximum atomic E-state index is 10.1. The Hall–Kier alpha value is -0.0800. The Kier molecular flexibility index (Phi) is 2.55. The Labute approximate surface area is 69.0 Å². The van der Waals surface area contributed by atoms with Gasteiger partial charge in [0.05, 0.1) is 5.60 Å². The smallest absolute Gasteiger partial charge is 0.0697 e. The molecule has 0 aromatic rings. The summed E-state index contributed by atoms with van der Waals surface area (Å²) in [6, 6.07) is 0. The van der Waals surface area contributed by atoms with Gasteiger partial charge in [-0.15, -0.1) is 0 Å². The van der Waals surface area contributed by atoms with Gasteiger partial charge in [-0.3, -0.25) is 0 Å². The van der Waals surface area contributed by atoms with Crippen molar-refractivity contribution in [2.75, 3.05) is 13.1 Å². The molecule has 0 aliphatic carbocycles. The molecule has 11 heavy (non-hydrogen) atoms. The van der Waals surface area contributed by atoms with Crippen LogP contribution in [0.15, 0.2) is 0 Å². The summed E-state index contributed by atoms with van der Waals surface area (Å²) in [4.78, 5) is 0. The minimum absolute atomic E-state index is 0.376. The van der Waals surface area contributed by atoms with Crippen LogP contribution in [-0.4, -0.2) is 23.8 Å². The van der Waals surface area contributed by atoms with Gasteiger partial charge in [-0.1, -0.05) is 13.8 Å². The van der Waals surface area contributed by atoms with E-state index in [9.17, 15) is 5.11 Å². The van der Waals surface area contributed by atoms with Gasteiger partial charge in [-0.2, -0.15) is 0 Å². The molecule has 1 heterocycles. The minimum atomic E-state index is -0.458. The van der Waals surface area contributed by atoms with Gasteiger partial charge in [0.2, 0.25) is 0 Å². The van der Waals surface area contributed by atoms with Crippen molar-refractivity contribution in [2.45, 2.75) is 32.8 Å². The predicted molar refractivity (Wildman–Crippen MR) is 46.4 cm³/mol. The van der Waals surface area contributed by atoms with Crippen molar-refractivity contribution < 1.29 is 5.11 Å². The monoisotopic (exact) mass is 157 g/mol. The third-order valence-electron chi connectivity index (χ3n) is 3.16. The number of piperidine rings is 1. The topological polar surface area (TPSA) is 32.3 Å². The van der Waals surface area contributed by atoms with Crippen LogP contribution in [-0.2, 0) is 0 Å². The second-order valence-electron chi connectivity index (χ2n) is 3.89. The molecule has 0 aromatic carbocycles. The van der Waals surface area contributed by atoms with Crippen molar-refractivity contribution in [1.29, 1.82) is 0 Å². The average molecular weight is 157 g/mol. The zero-order valence-electron chi connectivity index (χ0n) is 7.72. The van der Waals surface area contributed by atoms with E-state index < -0.39 is 5.60 Å². The fourth-order valence-electron chi connectivity index (χ4n) is 1.85. The van der Waals surface area contributed by atoms with Crippen LogP contribution < -0.4 is 5.32 Å². The van der Waals surface area contributed by atoms with Gasteiger partial charge in [-0.05, 0) is 25.2 Å². The lowest BCUT2D eigenvalue weighted by Gasteiger charge is -2.42. The molecule has 1 aliphatic rings. The quantitative estimate of drug-likeness (QED) is 0.595. The van der Waals surface area contributed by atoms with Crippen LogP contribution in [0.4, 0.5) is 0 Å². The number of nitrogens with one attached hydrogen (secondary N) is 1. The lowest BCUT2D eigenvalue weighted by atomic mass is 9.75. The largest absolute Gasteiger partial charge is 0.390 e. The fourth-order valence-corrected chi connectivity index (χ4v) is 1.85. The zero-order chi connectivity index (χ0) is 8.48. The summed E-state index contributed by atoms with van der Waals surface area (Å²) < 4.78 is 0. The summed E-state index contributed by atoms with van der Waals surface area (Å²) in [5.41, 5.74) is -0.458. The first kappa shape index (κ1) is 9.01. The van der Waals surface area contributed by atoms with Crippen LogP contribution in [0.25, 0.3) is 0 Å². The third kappa shape index (κ3) is 1.57. The molecule has 2 nitrogen and oxygen atoms in total. The van der Waals surface area contributed by atoms with Crippen LogP contribution in [0.2, 0.25) is 0 Å². The third-order valence-corrected chi connectivity index (χ3v) is 3.16. The van der Waals surface area contributed by atoms with E-state index in [1.165, 1.54) is 0 Å². The van der Waals surface area contributed by atoms with Crippen molar-refractivity contribution in [3.05, 3.63) is 0 Å². The molecule has 1 saturated heterocycles. The summed E-state index contributed by atoms with van der Waals surface area (Å²) in [5.74, 6) is 0.799. The first-order valence-electron chi connectivity index (χ1n) is 4.52. The lowest BCUT2D eigenvalue weighted by Crippen LogP contribution is -2.53. The second-order valence-corrected chi connectivity index (χ2v) is 3.89. The summed E-state index contributed by atoms with van der Waals surface area (Å²) in [5, 5.41) is 13.4. The molecule has 3 atom stereocenters. The van der Waals surface area contributed by atoms with Gasteiger partial charge < -0.3 is 10.4 Å². The average Bonchev–Trinajstić information content (AvgIpc) is 1.95. The molecule has 66 valence electrons. The standard InChI is InChI=1S/C9H19NO/c1-4-8-6-10-5-7(2)9(8,3)11/h7-8,10-11H,4-6H2,1-3H3. The van der Waals surface area contributed by atoms with E-state index in [2.05, 4.69) is 19.2 Å². The SMILES string of the molecule is CCC1CNCC(C)C1(C)O. The van der Waals surface area contributed by atoms with Crippen molar-refractivity contribution in [1.82, 2.24) is 5.32 Å². The zero-order valence-corrected chi connectivity index (χ0v) is 7.72. The highest BCUT2D eigenvalue weighted by atomic mass is 16.3. The first-order valence-corrected chi connectivity index (χ1v) is 4.52. The Balaban J connectivity index is 2.64. The second kappa shape index (κ2) is 3.11.